The second kappa shape index (κ2) is 27.9. The molecule has 336 valence electrons. The minimum atomic E-state index is -2.82. The molecule has 12 nitrogen and oxygen atoms in total. The fourth-order valence-corrected chi connectivity index (χ4v) is 10.5. The Hall–Kier alpha value is -4.31. The first-order valence-corrected chi connectivity index (χ1v) is 37.0. The van der Waals surface area contributed by atoms with E-state index in [4.69, 9.17) is 27.6 Å². The first-order chi connectivity index (χ1) is 30.4. The number of benzene rings is 6. The zero-order chi connectivity index (χ0) is 47.2. The van der Waals surface area contributed by atoms with Crippen molar-refractivity contribution in [1.82, 2.24) is 0 Å². The van der Waals surface area contributed by atoms with Crippen molar-refractivity contribution in [1.29, 1.82) is 0 Å². The Labute approximate surface area is 404 Å². The zero-order valence-electron chi connectivity index (χ0n) is 37.6. The number of nitrogens with zero attached hydrogens (tertiary/aromatic N) is 9. The van der Waals surface area contributed by atoms with Crippen LogP contribution in [0.3, 0.4) is 0 Å². The topological polar surface area (TPSA) is 135 Å². The Morgan fingerprint density at radius 2 is 0.641 bits per heavy atom. The van der Waals surface area contributed by atoms with Gasteiger partial charge in [-0.15, -0.1) is 0 Å². The van der Waals surface area contributed by atoms with Gasteiger partial charge < -0.3 is 0 Å². The van der Waals surface area contributed by atoms with Gasteiger partial charge in [0.05, 0.1) is 0 Å². The van der Waals surface area contributed by atoms with Gasteiger partial charge in [0.15, 0.2) is 0 Å². The van der Waals surface area contributed by atoms with E-state index in [9.17, 15) is 3.74 Å². The van der Waals surface area contributed by atoms with Gasteiger partial charge in [-0.1, -0.05) is 0 Å². The van der Waals surface area contributed by atoms with Crippen LogP contribution in [0.4, 0.5) is 51.2 Å². The van der Waals surface area contributed by atoms with Crippen molar-refractivity contribution in [3.63, 3.8) is 0 Å². The molecule has 0 N–H and O–H groups in total. The molecule has 0 atom stereocenters. The number of hydrogen-bond acceptors (Lipinski definition) is 12. The number of halogens is 2. The minimum absolute atomic E-state index is 0.763. The van der Waals surface area contributed by atoms with Gasteiger partial charge in [0.1, 0.15) is 0 Å². The van der Waals surface area contributed by atoms with Gasteiger partial charge in [0, 0.05) is 0 Å². The third-order valence-corrected chi connectivity index (χ3v) is 18.3. The summed E-state index contributed by atoms with van der Waals surface area (Å²) in [5.41, 5.74) is 16.7. The standard InChI is InChI=1S/C16H20AsN3O.C16H20AsN3.C14H14AsCl2N3.O2Se/c1-17(2,21)13-5-7-14(8-6-13)18-19-15-9-11-16(12-10-15)20(3)4;1-17(2)13-5-7-14(8-6-13)18-19-15-9-11-16(12-10-15)20(3)4;1-20(2)14-9-7-13(8-10-14)19-18-12-5-3-11(4-6-12)15(16)17;1-3-2/h5-12H,1-4H3;5-12H,1-4H3;3-10H,1-2H3;. The first-order valence-electron chi connectivity index (χ1n) is 19.5. The van der Waals surface area contributed by atoms with Crippen LogP contribution in [0.15, 0.2) is 176 Å². The van der Waals surface area contributed by atoms with Crippen LogP contribution >= 0.6 is 19.9 Å². The molecule has 0 heterocycles. The molecule has 0 amide bonds. The molecule has 64 heavy (non-hydrogen) atoms. The predicted molar refractivity (Wildman–Crippen MR) is 273 cm³/mol. The average molecular weight is 1160 g/mol. The molecule has 0 aliphatic heterocycles. The Morgan fingerprint density at radius 3 is 0.844 bits per heavy atom. The van der Waals surface area contributed by atoms with Crippen molar-refractivity contribution in [2.24, 2.45) is 30.7 Å². The van der Waals surface area contributed by atoms with E-state index in [0.29, 0.717) is 0 Å². The van der Waals surface area contributed by atoms with Crippen molar-refractivity contribution in [3.8, 4) is 0 Å². The summed E-state index contributed by atoms with van der Waals surface area (Å²) in [6.07, 6.45) is 0. The third-order valence-electron chi connectivity index (χ3n) is 8.82. The molecule has 0 aliphatic rings. The second-order valence-corrected chi connectivity index (χ2v) is 33.3. The van der Waals surface area contributed by atoms with Crippen molar-refractivity contribution in [2.45, 2.75) is 22.8 Å². The number of rotatable bonds is 12. The summed E-state index contributed by atoms with van der Waals surface area (Å²) < 4.78 is 32.3. The maximum atomic E-state index is 12.0. The molecule has 0 aliphatic carbocycles. The summed E-state index contributed by atoms with van der Waals surface area (Å²) in [6.45, 7) is 0. The van der Waals surface area contributed by atoms with Crippen LogP contribution in [0.1, 0.15) is 0 Å². The Balaban J connectivity index is 0.000000247. The van der Waals surface area contributed by atoms with Crippen LogP contribution in [0.2, 0.25) is 22.8 Å². The SMILES string of the molecule is CN(C)c1ccc(N=Nc2ccc([As](C)(C)=O)cc2)cc1.CN(C)c1ccc(N=Nc2ccc([As](C)C)cc2)cc1.CN(C)c1ccc(N=Nc2ccc([As](Cl)Cl)cc2)cc1.O=[Se]=O. The summed E-state index contributed by atoms with van der Waals surface area (Å²) in [5.74, 6) is 0. The van der Waals surface area contributed by atoms with Gasteiger partial charge in [0.25, 0.3) is 0 Å². The Morgan fingerprint density at radius 1 is 0.422 bits per heavy atom. The van der Waals surface area contributed by atoms with Gasteiger partial charge in [-0.05, 0) is 0 Å². The molecule has 0 bridgehead atoms. The number of anilines is 3. The van der Waals surface area contributed by atoms with Crippen LogP contribution in [-0.2, 0) is 11.4 Å². The second-order valence-electron chi connectivity index (χ2n) is 14.9. The van der Waals surface area contributed by atoms with E-state index >= 15 is 0 Å². The van der Waals surface area contributed by atoms with Gasteiger partial charge in [-0.2, -0.15) is 0 Å². The molecule has 6 aromatic carbocycles. The van der Waals surface area contributed by atoms with E-state index in [1.54, 1.807) is 0 Å². The van der Waals surface area contributed by atoms with E-state index in [1.165, 1.54) is 4.35 Å². The molecule has 18 heteroatoms. The van der Waals surface area contributed by atoms with Gasteiger partial charge in [-0.25, -0.2) is 0 Å². The fourth-order valence-electron chi connectivity index (χ4n) is 5.13. The quantitative estimate of drug-likeness (QED) is 0.0884. The number of azo groups is 3. The molecule has 0 unspecified atom stereocenters. The first kappa shape index (κ1) is 54.0. The van der Waals surface area contributed by atoms with E-state index < -0.39 is 55.7 Å². The third kappa shape index (κ3) is 19.8. The summed E-state index contributed by atoms with van der Waals surface area (Å²) >= 11 is -7.07. The molecule has 0 spiro atoms. The molecular formula is C46H54As3Cl2N9O3Se. The molecule has 6 aromatic rings. The van der Waals surface area contributed by atoms with Crippen LogP contribution < -0.4 is 27.8 Å². The van der Waals surface area contributed by atoms with Crippen molar-refractivity contribution < 1.29 is 11.4 Å². The summed E-state index contributed by atoms with van der Waals surface area (Å²) in [5, 5.41) is 25.4. The zero-order valence-corrected chi connectivity index (χ0v) is 46.5. The van der Waals surface area contributed by atoms with Crippen LogP contribution in [0.5, 0.6) is 0 Å². The molecule has 0 saturated carbocycles. The summed E-state index contributed by atoms with van der Waals surface area (Å²) in [4.78, 5) is 6.14. The van der Waals surface area contributed by atoms with Gasteiger partial charge >= 0.3 is 407 Å². The van der Waals surface area contributed by atoms with Crippen LogP contribution in [0, 0.1) is 0 Å². The molecule has 6 rings (SSSR count). The monoisotopic (exact) mass is 1160 g/mol. The van der Waals surface area contributed by atoms with E-state index in [-0.39, 0.29) is 0 Å². The van der Waals surface area contributed by atoms with Crippen LogP contribution in [-0.4, -0.2) is 98.0 Å². The van der Waals surface area contributed by atoms with Crippen LogP contribution in [0.25, 0.3) is 0 Å². The number of hydrogen-bond donors (Lipinski definition) is 0. The van der Waals surface area contributed by atoms with Gasteiger partial charge in [0.2, 0.25) is 0 Å². The van der Waals surface area contributed by atoms with Crippen molar-refractivity contribution in [3.05, 3.63) is 146 Å². The van der Waals surface area contributed by atoms with Gasteiger partial charge in [-0.3, -0.25) is 0 Å². The molecular weight excluding hydrogens is 1100 g/mol. The Bertz CT molecular complexity index is 2260. The van der Waals surface area contributed by atoms with E-state index in [2.05, 4.69) is 59.1 Å². The Kier molecular flexibility index (Phi) is 23.5. The molecule has 0 aromatic heterocycles. The summed E-state index contributed by atoms with van der Waals surface area (Å²) in [7, 11) is 23.9. The normalized spacial score (nSPS) is 11.1. The molecule has 0 fully saturated rings. The fraction of sp³-hybridized carbons (Fsp3) is 0.217. The average Bonchev–Trinajstić information content (AvgIpc) is 3.28. The molecule has 0 radical (unpaired) electrons. The van der Waals surface area contributed by atoms with Crippen molar-refractivity contribution in [2.75, 3.05) is 57.0 Å². The molecule has 0 saturated heterocycles. The van der Waals surface area contributed by atoms with E-state index in [1.807, 2.05) is 197 Å². The maximum absolute atomic E-state index is 12.0. The van der Waals surface area contributed by atoms with Crippen molar-refractivity contribution >= 4 is 140 Å². The predicted octanol–water partition coefficient (Wildman–Crippen LogP) is 11.9. The van der Waals surface area contributed by atoms with E-state index in [0.717, 1.165) is 59.9 Å². The summed E-state index contributed by atoms with van der Waals surface area (Å²) in [6, 6.07) is 47.3.